The fourth-order valence-corrected chi connectivity index (χ4v) is 5.04. The van der Waals surface area contributed by atoms with Crippen molar-refractivity contribution in [1.82, 2.24) is 15.5 Å². The summed E-state index contributed by atoms with van der Waals surface area (Å²) in [5.74, 6) is -0.508. The van der Waals surface area contributed by atoms with Crippen molar-refractivity contribution in [2.75, 3.05) is 6.54 Å². The molecule has 2 aromatic rings. The number of amides is 3. The van der Waals surface area contributed by atoms with E-state index in [0.717, 1.165) is 42.4 Å². The molecule has 2 atom stereocenters. The number of hydrogen-bond acceptors (Lipinski definition) is 4. The second kappa shape index (κ2) is 13.4. The van der Waals surface area contributed by atoms with Crippen molar-refractivity contribution < 1.29 is 19.1 Å². The van der Waals surface area contributed by atoms with Gasteiger partial charge in [0, 0.05) is 19.0 Å². The molecule has 0 saturated heterocycles. The Morgan fingerprint density at radius 2 is 1.61 bits per heavy atom. The lowest BCUT2D eigenvalue weighted by atomic mass is 9.93. The van der Waals surface area contributed by atoms with Gasteiger partial charge < -0.3 is 20.3 Å². The molecular formula is C31H43N3O4. The number of nitrogens with zero attached hydrogens (tertiary/aromatic N) is 1. The van der Waals surface area contributed by atoms with E-state index in [4.69, 9.17) is 4.74 Å². The van der Waals surface area contributed by atoms with Crippen molar-refractivity contribution in [3.8, 4) is 0 Å². The van der Waals surface area contributed by atoms with E-state index in [1.54, 1.807) is 25.7 Å². The van der Waals surface area contributed by atoms with E-state index in [1.165, 1.54) is 6.42 Å². The minimum absolute atomic E-state index is 0.108. The molecule has 0 heterocycles. The number of carbonyl (C=O) groups excluding carboxylic acids is 3. The summed E-state index contributed by atoms with van der Waals surface area (Å²) in [5.41, 5.74) is 1.91. The van der Waals surface area contributed by atoms with Crippen LogP contribution in [0.4, 0.5) is 4.79 Å². The van der Waals surface area contributed by atoms with Gasteiger partial charge >= 0.3 is 6.09 Å². The number of rotatable bonds is 9. The Labute approximate surface area is 227 Å². The van der Waals surface area contributed by atoms with Gasteiger partial charge in [0.25, 0.3) is 0 Å². The highest BCUT2D eigenvalue weighted by molar-refractivity contribution is 5.92. The normalized spacial score (nSPS) is 15.7. The molecule has 1 saturated carbocycles. The molecule has 0 bridgehead atoms. The molecule has 206 valence electrons. The maximum Gasteiger partial charge on any atom is 0.408 e. The molecule has 1 aliphatic carbocycles. The highest BCUT2D eigenvalue weighted by Crippen LogP contribution is 2.27. The molecule has 2 N–H and O–H groups in total. The molecular weight excluding hydrogens is 478 g/mol. The molecule has 0 radical (unpaired) electrons. The summed E-state index contributed by atoms with van der Waals surface area (Å²) in [6.45, 7) is 9.46. The van der Waals surface area contributed by atoms with Crippen molar-refractivity contribution in [3.05, 3.63) is 71.3 Å². The van der Waals surface area contributed by atoms with Gasteiger partial charge in [0.05, 0.1) is 0 Å². The zero-order chi connectivity index (χ0) is 27.7. The maximum absolute atomic E-state index is 14.2. The van der Waals surface area contributed by atoms with E-state index in [-0.39, 0.29) is 24.3 Å². The molecule has 1 fully saturated rings. The third-order valence-corrected chi connectivity index (χ3v) is 6.89. The number of nitrogens with one attached hydrogen (secondary N) is 2. The summed E-state index contributed by atoms with van der Waals surface area (Å²) in [4.78, 5) is 42.4. The predicted molar refractivity (Wildman–Crippen MR) is 150 cm³/mol. The van der Waals surface area contributed by atoms with Crippen LogP contribution < -0.4 is 10.6 Å². The first kappa shape index (κ1) is 29.2. The van der Waals surface area contributed by atoms with Gasteiger partial charge in [-0.1, -0.05) is 73.9 Å². The SMILES string of the molecule is CCN(C(=O)C(Cc1ccccc1)NC(=O)OC(C)(C)C)C(C(=O)NC1CCCCC1)c1ccccc1C. The number of hydrogen-bond donors (Lipinski definition) is 2. The third kappa shape index (κ3) is 8.33. The minimum atomic E-state index is -0.902. The summed E-state index contributed by atoms with van der Waals surface area (Å²) >= 11 is 0. The van der Waals surface area contributed by atoms with E-state index >= 15 is 0 Å². The quantitative estimate of drug-likeness (QED) is 0.458. The Balaban J connectivity index is 1.95. The van der Waals surface area contributed by atoms with Gasteiger partial charge in [-0.05, 0) is 64.2 Å². The van der Waals surface area contributed by atoms with Crippen molar-refractivity contribution in [2.45, 2.75) is 96.9 Å². The van der Waals surface area contributed by atoms with Crippen LogP contribution in [0.1, 0.15) is 82.5 Å². The molecule has 1 aliphatic rings. The lowest BCUT2D eigenvalue weighted by Crippen LogP contribution is -2.54. The largest absolute Gasteiger partial charge is 0.444 e. The van der Waals surface area contributed by atoms with Crippen LogP contribution >= 0.6 is 0 Å². The second-order valence-corrected chi connectivity index (χ2v) is 11.1. The van der Waals surface area contributed by atoms with E-state index in [2.05, 4.69) is 10.6 Å². The predicted octanol–water partition coefficient (Wildman–Crippen LogP) is 5.47. The molecule has 38 heavy (non-hydrogen) atoms. The van der Waals surface area contributed by atoms with Crippen LogP contribution in [0, 0.1) is 6.92 Å². The average molecular weight is 522 g/mol. The number of aryl methyl sites for hydroxylation is 1. The molecule has 0 aliphatic heterocycles. The van der Waals surface area contributed by atoms with Gasteiger partial charge in [0.1, 0.15) is 17.7 Å². The molecule has 2 aromatic carbocycles. The van der Waals surface area contributed by atoms with Crippen LogP contribution in [0.2, 0.25) is 0 Å². The summed E-state index contributed by atoms with van der Waals surface area (Å²) < 4.78 is 5.48. The zero-order valence-corrected chi connectivity index (χ0v) is 23.5. The second-order valence-electron chi connectivity index (χ2n) is 11.1. The standard InChI is InChI=1S/C31H43N3O4/c1-6-34(27(25-20-14-13-15-22(25)2)28(35)32-24-18-11-8-12-19-24)29(36)26(21-23-16-9-7-10-17-23)33-30(37)38-31(3,4)5/h7,9-10,13-17,20,24,26-27H,6,8,11-12,18-19,21H2,1-5H3,(H,32,35)(H,33,37). The molecule has 7 heteroatoms. The zero-order valence-electron chi connectivity index (χ0n) is 23.5. The fourth-order valence-electron chi connectivity index (χ4n) is 5.04. The Kier molecular flexibility index (Phi) is 10.3. The molecule has 0 spiro atoms. The van der Waals surface area contributed by atoms with Crippen LogP contribution in [0.15, 0.2) is 54.6 Å². The lowest BCUT2D eigenvalue weighted by molar-refractivity contribution is -0.142. The van der Waals surface area contributed by atoms with E-state index in [1.807, 2.05) is 68.4 Å². The van der Waals surface area contributed by atoms with E-state index < -0.39 is 23.8 Å². The molecule has 7 nitrogen and oxygen atoms in total. The molecule has 0 aromatic heterocycles. The Morgan fingerprint density at radius 3 is 2.21 bits per heavy atom. The monoisotopic (exact) mass is 521 g/mol. The molecule has 3 rings (SSSR count). The maximum atomic E-state index is 14.2. The van der Waals surface area contributed by atoms with Gasteiger partial charge in [-0.25, -0.2) is 4.79 Å². The van der Waals surface area contributed by atoms with Crippen LogP contribution in [-0.4, -0.2) is 47.0 Å². The number of benzene rings is 2. The molecule has 2 unspecified atom stereocenters. The number of ether oxygens (including phenoxy) is 1. The van der Waals surface area contributed by atoms with E-state index in [9.17, 15) is 14.4 Å². The summed E-state index contributed by atoms with van der Waals surface area (Å²) in [7, 11) is 0. The smallest absolute Gasteiger partial charge is 0.408 e. The summed E-state index contributed by atoms with van der Waals surface area (Å²) in [6.07, 6.45) is 4.88. The van der Waals surface area contributed by atoms with Crippen molar-refractivity contribution in [3.63, 3.8) is 0 Å². The number of likely N-dealkylation sites (N-methyl/N-ethyl adjacent to an activating group) is 1. The molecule has 3 amide bonds. The first-order valence-corrected chi connectivity index (χ1v) is 13.8. The van der Waals surface area contributed by atoms with E-state index in [0.29, 0.717) is 6.54 Å². The van der Waals surface area contributed by atoms with Gasteiger partial charge in [-0.3, -0.25) is 9.59 Å². The minimum Gasteiger partial charge on any atom is -0.444 e. The topological polar surface area (TPSA) is 87.7 Å². The van der Waals surface area contributed by atoms with Gasteiger partial charge in [-0.15, -0.1) is 0 Å². The van der Waals surface area contributed by atoms with Gasteiger partial charge in [0.15, 0.2) is 0 Å². The van der Waals surface area contributed by atoms with Gasteiger partial charge in [0.2, 0.25) is 11.8 Å². The fraction of sp³-hybridized carbons (Fsp3) is 0.516. The first-order chi connectivity index (χ1) is 18.1. The van der Waals surface area contributed by atoms with Crippen LogP contribution in [0.25, 0.3) is 0 Å². The highest BCUT2D eigenvalue weighted by atomic mass is 16.6. The van der Waals surface area contributed by atoms with Crippen molar-refractivity contribution in [2.24, 2.45) is 0 Å². The van der Waals surface area contributed by atoms with Crippen molar-refractivity contribution in [1.29, 1.82) is 0 Å². The van der Waals surface area contributed by atoms with Crippen LogP contribution in [0.5, 0.6) is 0 Å². The third-order valence-electron chi connectivity index (χ3n) is 6.89. The van der Waals surface area contributed by atoms with Gasteiger partial charge in [-0.2, -0.15) is 0 Å². The number of carbonyl (C=O) groups is 3. The van der Waals surface area contributed by atoms with Crippen LogP contribution in [-0.2, 0) is 20.7 Å². The average Bonchev–Trinajstić information content (AvgIpc) is 2.87. The summed E-state index contributed by atoms with van der Waals surface area (Å²) in [6, 6.07) is 15.6. The Hall–Kier alpha value is -3.35. The lowest BCUT2D eigenvalue weighted by Gasteiger charge is -2.35. The van der Waals surface area contributed by atoms with Crippen molar-refractivity contribution >= 4 is 17.9 Å². The Morgan fingerprint density at radius 1 is 0.974 bits per heavy atom. The first-order valence-electron chi connectivity index (χ1n) is 13.8. The highest BCUT2D eigenvalue weighted by Gasteiger charge is 2.37. The van der Waals surface area contributed by atoms with Crippen LogP contribution in [0.3, 0.4) is 0 Å². The summed E-state index contributed by atoms with van der Waals surface area (Å²) in [5, 5.41) is 6.02. The number of alkyl carbamates (subject to hydrolysis) is 1. The Bertz CT molecular complexity index is 1070.